The predicted octanol–water partition coefficient (Wildman–Crippen LogP) is 1.91. The monoisotopic (exact) mass is 317 g/mol. The van der Waals surface area contributed by atoms with Gasteiger partial charge < -0.3 is 0 Å². The maximum absolute atomic E-state index is 12.1. The summed E-state index contributed by atoms with van der Waals surface area (Å²) in [7, 11) is 0. The number of halogens is 3. The van der Waals surface area contributed by atoms with Crippen LogP contribution in [0.25, 0.3) is 0 Å². The van der Waals surface area contributed by atoms with Crippen molar-refractivity contribution in [3.8, 4) is 0 Å². The lowest BCUT2D eigenvalue weighted by molar-refractivity contribution is -0.713. The molecule has 2 aromatic rings. The van der Waals surface area contributed by atoms with E-state index in [9.17, 15) is 13.2 Å². The van der Waals surface area contributed by atoms with Crippen molar-refractivity contribution in [2.45, 2.75) is 58.5 Å². The van der Waals surface area contributed by atoms with Crippen LogP contribution in [0.5, 0.6) is 0 Å². The van der Waals surface area contributed by atoms with E-state index in [1.807, 2.05) is 21.7 Å². The zero-order valence-electron chi connectivity index (χ0n) is 12.7. The van der Waals surface area contributed by atoms with E-state index in [-0.39, 0.29) is 6.42 Å². The van der Waals surface area contributed by atoms with E-state index in [1.165, 1.54) is 0 Å². The average molecular weight is 317 g/mol. The highest BCUT2D eigenvalue weighted by Crippen LogP contribution is 2.21. The summed E-state index contributed by atoms with van der Waals surface area (Å²) < 4.78 is 43.8. The summed E-state index contributed by atoms with van der Waals surface area (Å²) in [6.45, 7) is 4.00. The van der Waals surface area contributed by atoms with Gasteiger partial charge in [-0.2, -0.15) is 13.2 Å². The number of hydrogen-bond acceptors (Lipinski definition) is 1. The molecule has 0 aliphatic heterocycles. The molecule has 122 valence electrons. The van der Waals surface area contributed by atoms with Crippen LogP contribution in [-0.2, 0) is 19.8 Å². The van der Waals surface area contributed by atoms with E-state index in [2.05, 4.69) is 12.0 Å². The van der Waals surface area contributed by atoms with Crippen molar-refractivity contribution >= 4 is 0 Å². The quantitative estimate of drug-likeness (QED) is 0.684. The van der Waals surface area contributed by atoms with Gasteiger partial charge in [-0.25, -0.2) is 13.7 Å². The molecule has 0 aliphatic carbocycles. The van der Waals surface area contributed by atoms with Gasteiger partial charge in [-0.3, -0.25) is 0 Å². The zero-order chi connectivity index (χ0) is 16.0. The summed E-state index contributed by atoms with van der Waals surface area (Å²) in [5.74, 6) is 0. The Morgan fingerprint density at radius 3 is 2.68 bits per heavy atom. The largest absolute Gasteiger partial charge is 0.389 e. The third-order valence-corrected chi connectivity index (χ3v) is 3.33. The van der Waals surface area contributed by atoms with Crippen molar-refractivity contribution in [2.24, 2.45) is 0 Å². The summed E-state index contributed by atoms with van der Waals surface area (Å²) in [5.41, 5.74) is 0. The van der Waals surface area contributed by atoms with Crippen LogP contribution in [0, 0.1) is 0 Å². The standard InChI is InChI=1S/C14H22F3N5/c1-2-3-6-20-10-18-22(12-20)13-21-9-8-19(11-21)7-4-5-14(15,16)17/h8-12H,2-7,13H2,1H3/q+2. The minimum atomic E-state index is -4.08. The first-order valence-corrected chi connectivity index (χ1v) is 7.49. The number of alkyl halides is 3. The van der Waals surface area contributed by atoms with Crippen molar-refractivity contribution in [2.75, 3.05) is 0 Å². The highest BCUT2D eigenvalue weighted by atomic mass is 19.4. The number of hydrogen-bond donors (Lipinski definition) is 0. The smallest absolute Gasteiger partial charge is 0.237 e. The molecular formula is C14H22F3N5+2. The molecule has 0 saturated carbocycles. The third kappa shape index (κ3) is 5.50. The Kier molecular flexibility index (Phi) is 5.57. The molecule has 2 rings (SSSR count). The van der Waals surface area contributed by atoms with Gasteiger partial charge in [0.15, 0.2) is 0 Å². The third-order valence-electron chi connectivity index (χ3n) is 3.33. The molecule has 0 radical (unpaired) electrons. The van der Waals surface area contributed by atoms with Gasteiger partial charge in [-0.05, 0) is 12.8 Å². The molecule has 0 aromatic carbocycles. The fourth-order valence-electron chi connectivity index (χ4n) is 2.18. The SMILES string of the molecule is CCCC[n+]1cnn(C[n+]2ccn(CCCC(F)(F)F)c2)c1. The van der Waals surface area contributed by atoms with Crippen LogP contribution in [0.2, 0.25) is 0 Å². The Labute approximate surface area is 127 Å². The molecule has 0 amide bonds. The van der Waals surface area contributed by atoms with Crippen LogP contribution in [0.3, 0.4) is 0 Å². The molecule has 0 saturated heterocycles. The maximum atomic E-state index is 12.1. The van der Waals surface area contributed by atoms with Gasteiger partial charge in [0, 0.05) is 11.5 Å². The maximum Gasteiger partial charge on any atom is 0.389 e. The number of nitrogens with zero attached hydrogens (tertiary/aromatic N) is 5. The first kappa shape index (κ1) is 16.5. The van der Waals surface area contributed by atoms with E-state index in [4.69, 9.17) is 0 Å². The molecule has 0 fully saturated rings. The Morgan fingerprint density at radius 1 is 1.14 bits per heavy atom. The molecular weight excluding hydrogens is 295 g/mol. The van der Waals surface area contributed by atoms with Crippen LogP contribution >= 0.6 is 0 Å². The van der Waals surface area contributed by atoms with E-state index >= 15 is 0 Å². The Bertz CT molecular complexity index is 573. The Balaban J connectivity index is 1.82. The lowest BCUT2D eigenvalue weighted by Gasteiger charge is -2.03. The lowest BCUT2D eigenvalue weighted by atomic mass is 10.3. The van der Waals surface area contributed by atoms with Crippen molar-refractivity contribution in [3.05, 3.63) is 31.4 Å². The number of unbranched alkanes of at least 4 members (excludes halogenated alkanes) is 1. The minimum absolute atomic E-state index is 0.0942. The summed E-state index contributed by atoms with van der Waals surface area (Å²) >= 11 is 0. The summed E-state index contributed by atoms with van der Waals surface area (Å²) in [4.78, 5) is 0. The molecule has 2 heterocycles. The van der Waals surface area contributed by atoms with Crippen LogP contribution < -0.4 is 9.13 Å². The summed E-state index contributed by atoms with van der Waals surface area (Å²) in [6, 6.07) is 0. The zero-order valence-corrected chi connectivity index (χ0v) is 12.7. The molecule has 5 nitrogen and oxygen atoms in total. The van der Waals surface area contributed by atoms with E-state index in [0.717, 1.165) is 19.4 Å². The van der Waals surface area contributed by atoms with Gasteiger partial charge in [0.1, 0.15) is 12.4 Å². The second-order valence-electron chi connectivity index (χ2n) is 5.40. The second-order valence-corrected chi connectivity index (χ2v) is 5.40. The molecule has 0 spiro atoms. The second kappa shape index (κ2) is 7.42. The van der Waals surface area contributed by atoms with E-state index in [1.54, 1.807) is 28.1 Å². The van der Waals surface area contributed by atoms with Crippen molar-refractivity contribution in [1.29, 1.82) is 0 Å². The molecule has 2 aromatic heterocycles. The molecule has 0 aliphatic rings. The molecule has 0 atom stereocenters. The number of aryl methyl sites for hydroxylation is 2. The Hall–Kier alpha value is -1.86. The van der Waals surface area contributed by atoms with Gasteiger partial charge >= 0.3 is 6.18 Å². The van der Waals surface area contributed by atoms with Crippen molar-refractivity contribution in [1.82, 2.24) is 14.3 Å². The normalized spacial score (nSPS) is 12.0. The average Bonchev–Trinajstić information content (AvgIpc) is 3.05. The molecule has 22 heavy (non-hydrogen) atoms. The van der Waals surface area contributed by atoms with Gasteiger partial charge in [-0.15, -0.1) is 0 Å². The highest BCUT2D eigenvalue weighted by Gasteiger charge is 2.26. The van der Waals surface area contributed by atoms with E-state index < -0.39 is 12.6 Å². The first-order valence-electron chi connectivity index (χ1n) is 7.49. The predicted molar refractivity (Wildman–Crippen MR) is 72.6 cm³/mol. The van der Waals surface area contributed by atoms with Gasteiger partial charge in [-0.1, -0.05) is 18.0 Å². The van der Waals surface area contributed by atoms with Crippen molar-refractivity contribution < 1.29 is 22.3 Å². The fourth-order valence-corrected chi connectivity index (χ4v) is 2.18. The summed E-state index contributed by atoms with van der Waals surface area (Å²) in [5, 5.41) is 4.27. The highest BCUT2D eigenvalue weighted by molar-refractivity contribution is 4.66. The van der Waals surface area contributed by atoms with Crippen LogP contribution in [0.1, 0.15) is 32.6 Å². The van der Waals surface area contributed by atoms with Gasteiger partial charge in [0.2, 0.25) is 19.3 Å². The molecule has 0 bridgehead atoms. The lowest BCUT2D eigenvalue weighted by Crippen LogP contribution is -2.37. The Morgan fingerprint density at radius 2 is 1.95 bits per heavy atom. The molecule has 0 unspecified atom stereocenters. The minimum Gasteiger partial charge on any atom is -0.237 e. The van der Waals surface area contributed by atoms with Crippen molar-refractivity contribution in [3.63, 3.8) is 0 Å². The fraction of sp³-hybridized carbons (Fsp3) is 0.643. The van der Waals surface area contributed by atoms with Crippen LogP contribution in [0.4, 0.5) is 13.2 Å². The van der Waals surface area contributed by atoms with E-state index in [0.29, 0.717) is 13.2 Å². The summed E-state index contributed by atoms with van der Waals surface area (Å²) in [6.07, 6.45) is 6.65. The van der Waals surface area contributed by atoms with Gasteiger partial charge in [0.25, 0.3) is 6.33 Å². The first-order chi connectivity index (χ1) is 10.5. The topological polar surface area (TPSA) is 30.5 Å². The molecule has 0 N–H and O–H groups in total. The molecule has 8 heteroatoms. The van der Waals surface area contributed by atoms with Crippen LogP contribution in [0.15, 0.2) is 31.4 Å². The number of imidazole rings is 1. The number of aromatic nitrogens is 5. The number of rotatable bonds is 8. The van der Waals surface area contributed by atoms with Gasteiger partial charge in [0.05, 0.1) is 13.1 Å². The van der Waals surface area contributed by atoms with Crippen LogP contribution in [-0.4, -0.2) is 20.5 Å².